The molecule has 0 aliphatic heterocycles. The van der Waals surface area contributed by atoms with Crippen LogP contribution in [0.5, 0.6) is 11.5 Å². The lowest BCUT2D eigenvalue weighted by Crippen LogP contribution is -2.25. The molecule has 5 rings (SSSR count). The second-order valence-corrected chi connectivity index (χ2v) is 11.0. The summed E-state index contributed by atoms with van der Waals surface area (Å²) in [7, 11) is 1.61. The molecule has 8 heteroatoms. The van der Waals surface area contributed by atoms with Crippen molar-refractivity contribution in [2.75, 3.05) is 7.11 Å². The van der Waals surface area contributed by atoms with Crippen molar-refractivity contribution in [3.05, 3.63) is 96.9 Å². The molecule has 0 radical (unpaired) electrons. The van der Waals surface area contributed by atoms with E-state index in [1.165, 1.54) is 11.1 Å². The molecule has 1 aromatic heterocycles. The minimum absolute atomic E-state index is 0.183. The van der Waals surface area contributed by atoms with Crippen LogP contribution in [0.25, 0.3) is 10.9 Å². The number of ether oxygens (including phenoxy) is 2. The quantitative estimate of drug-likeness (QED) is 0.200. The minimum Gasteiger partial charge on any atom is -0.493 e. The molecule has 0 atom stereocenters. The molecule has 3 aromatic carbocycles. The van der Waals surface area contributed by atoms with Crippen molar-refractivity contribution in [2.24, 2.45) is 5.10 Å². The second-order valence-electron chi connectivity index (χ2n) is 9.13. The molecule has 190 valence electrons. The Hall–Kier alpha value is -2.97. The molecular formula is C29H27Br2N3O3. The van der Waals surface area contributed by atoms with E-state index in [4.69, 9.17) is 19.6 Å². The summed E-state index contributed by atoms with van der Waals surface area (Å²) in [6, 6.07) is 19.3. The Morgan fingerprint density at radius 1 is 1.03 bits per heavy atom. The molecule has 1 aliphatic carbocycles. The summed E-state index contributed by atoms with van der Waals surface area (Å²) in [5.41, 5.74) is 2.24. The van der Waals surface area contributed by atoms with Crippen LogP contribution in [0.3, 0.4) is 0 Å². The number of hydrogen-bond donors (Lipinski definition) is 0. The van der Waals surface area contributed by atoms with Crippen molar-refractivity contribution in [1.29, 1.82) is 0 Å². The third-order valence-corrected chi connectivity index (χ3v) is 7.56. The van der Waals surface area contributed by atoms with Crippen LogP contribution in [-0.4, -0.2) is 23.0 Å². The zero-order chi connectivity index (χ0) is 25.8. The van der Waals surface area contributed by atoms with Crippen molar-refractivity contribution >= 4 is 49.0 Å². The first-order valence-electron chi connectivity index (χ1n) is 12.3. The highest BCUT2D eigenvalue weighted by molar-refractivity contribution is 9.10. The Morgan fingerprint density at radius 2 is 1.81 bits per heavy atom. The van der Waals surface area contributed by atoms with Crippen LogP contribution in [0.2, 0.25) is 0 Å². The molecule has 1 fully saturated rings. The van der Waals surface area contributed by atoms with E-state index in [-0.39, 0.29) is 11.5 Å². The lowest BCUT2D eigenvalue weighted by Gasteiger charge is -2.23. The molecule has 0 unspecified atom stereocenters. The molecule has 4 aromatic rings. The summed E-state index contributed by atoms with van der Waals surface area (Å²) >= 11 is 7.04. The van der Waals surface area contributed by atoms with Gasteiger partial charge in [-0.15, -0.1) is 0 Å². The maximum absolute atomic E-state index is 13.7. The number of benzene rings is 3. The fourth-order valence-electron chi connectivity index (χ4n) is 4.74. The Morgan fingerprint density at radius 3 is 2.57 bits per heavy atom. The summed E-state index contributed by atoms with van der Waals surface area (Å²) in [5, 5.41) is 5.23. The van der Waals surface area contributed by atoms with Gasteiger partial charge in [0.25, 0.3) is 5.56 Å². The average Bonchev–Trinajstić information content (AvgIpc) is 2.92. The SMILES string of the molecule is COc1cc(Br)cc(C=Nn2c(C3CCCCC3)nc3ccc(Br)cc3c2=O)c1OCc1ccccc1. The highest BCUT2D eigenvalue weighted by atomic mass is 79.9. The summed E-state index contributed by atoms with van der Waals surface area (Å²) in [6.07, 6.45) is 7.13. The Kier molecular flexibility index (Phi) is 8.05. The van der Waals surface area contributed by atoms with Crippen LogP contribution >= 0.6 is 31.9 Å². The van der Waals surface area contributed by atoms with Gasteiger partial charge in [0.1, 0.15) is 12.4 Å². The summed E-state index contributed by atoms with van der Waals surface area (Å²) in [4.78, 5) is 18.6. The molecule has 1 aliphatic rings. The summed E-state index contributed by atoms with van der Waals surface area (Å²) < 4.78 is 14.9. The normalized spacial score (nSPS) is 14.4. The van der Waals surface area contributed by atoms with Gasteiger partial charge in [0.05, 0.1) is 24.2 Å². The second kappa shape index (κ2) is 11.6. The summed E-state index contributed by atoms with van der Waals surface area (Å²) in [5.74, 6) is 2.04. The van der Waals surface area contributed by atoms with E-state index in [2.05, 4.69) is 31.9 Å². The van der Waals surface area contributed by atoms with Crippen LogP contribution < -0.4 is 15.0 Å². The highest BCUT2D eigenvalue weighted by Crippen LogP contribution is 2.35. The number of halogens is 2. The molecule has 0 saturated heterocycles. The molecule has 0 N–H and O–H groups in total. The smallest absolute Gasteiger partial charge is 0.282 e. The lowest BCUT2D eigenvalue weighted by molar-refractivity contribution is 0.284. The number of aromatic nitrogens is 2. The number of methoxy groups -OCH3 is 1. The standard InChI is InChI=1S/C29H27Br2N3O3/c1-36-26-16-23(31)14-21(27(26)37-18-19-8-4-2-5-9-19)17-32-34-28(20-10-6-3-7-11-20)33-25-13-12-22(30)15-24(25)29(34)35/h2,4-5,8-9,12-17,20H,3,6-7,10-11,18H2,1H3. The van der Waals surface area contributed by atoms with E-state index in [1.54, 1.807) is 19.4 Å². The first kappa shape index (κ1) is 25.7. The van der Waals surface area contributed by atoms with E-state index >= 15 is 0 Å². The zero-order valence-corrected chi connectivity index (χ0v) is 23.7. The Labute approximate surface area is 232 Å². The number of rotatable bonds is 7. The molecule has 6 nitrogen and oxygen atoms in total. The fourth-order valence-corrected chi connectivity index (χ4v) is 5.56. The molecule has 1 saturated carbocycles. The van der Waals surface area contributed by atoms with Crippen molar-refractivity contribution in [3.63, 3.8) is 0 Å². The first-order chi connectivity index (χ1) is 18.0. The maximum Gasteiger partial charge on any atom is 0.282 e. The van der Waals surface area contributed by atoms with Gasteiger partial charge < -0.3 is 9.47 Å². The van der Waals surface area contributed by atoms with Crippen LogP contribution in [-0.2, 0) is 6.61 Å². The van der Waals surface area contributed by atoms with Gasteiger partial charge >= 0.3 is 0 Å². The third kappa shape index (κ3) is 5.80. The van der Waals surface area contributed by atoms with E-state index < -0.39 is 0 Å². The Bertz CT molecular complexity index is 1500. The molecule has 37 heavy (non-hydrogen) atoms. The topological polar surface area (TPSA) is 65.7 Å². The fraction of sp³-hybridized carbons (Fsp3) is 0.276. The van der Waals surface area contributed by atoms with Gasteiger partial charge in [0, 0.05) is 20.4 Å². The largest absolute Gasteiger partial charge is 0.493 e. The van der Waals surface area contributed by atoms with Crippen molar-refractivity contribution in [1.82, 2.24) is 9.66 Å². The first-order valence-corrected chi connectivity index (χ1v) is 13.9. The molecule has 0 amide bonds. The van der Waals surface area contributed by atoms with Crippen molar-refractivity contribution in [2.45, 2.75) is 44.6 Å². The lowest BCUT2D eigenvalue weighted by atomic mass is 9.88. The monoisotopic (exact) mass is 623 g/mol. The number of nitrogens with zero attached hydrogens (tertiary/aromatic N) is 3. The van der Waals surface area contributed by atoms with Crippen molar-refractivity contribution in [3.8, 4) is 11.5 Å². The average molecular weight is 625 g/mol. The van der Waals surface area contributed by atoms with E-state index in [0.29, 0.717) is 40.4 Å². The predicted octanol–water partition coefficient (Wildman–Crippen LogP) is 7.44. The maximum atomic E-state index is 13.7. The van der Waals surface area contributed by atoms with Gasteiger partial charge in [-0.1, -0.05) is 81.5 Å². The van der Waals surface area contributed by atoms with Gasteiger partial charge in [-0.2, -0.15) is 9.78 Å². The summed E-state index contributed by atoms with van der Waals surface area (Å²) in [6.45, 7) is 0.374. The molecule has 0 bridgehead atoms. The molecule has 0 spiro atoms. The minimum atomic E-state index is -0.183. The molecular weight excluding hydrogens is 598 g/mol. The van der Waals surface area contributed by atoms with Gasteiger partial charge in [-0.25, -0.2) is 4.98 Å². The molecule has 1 heterocycles. The third-order valence-electron chi connectivity index (χ3n) is 6.61. The van der Waals surface area contributed by atoms with Gasteiger partial charge in [0.15, 0.2) is 11.5 Å². The van der Waals surface area contributed by atoms with E-state index in [9.17, 15) is 4.79 Å². The van der Waals surface area contributed by atoms with Gasteiger partial charge in [-0.05, 0) is 48.7 Å². The number of hydrogen-bond acceptors (Lipinski definition) is 5. The van der Waals surface area contributed by atoms with Crippen LogP contribution in [0, 0.1) is 0 Å². The van der Waals surface area contributed by atoms with Crippen LogP contribution in [0.1, 0.15) is 55.0 Å². The van der Waals surface area contributed by atoms with Crippen LogP contribution in [0.4, 0.5) is 0 Å². The van der Waals surface area contributed by atoms with Crippen LogP contribution in [0.15, 0.2) is 79.5 Å². The predicted molar refractivity (Wildman–Crippen MR) is 154 cm³/mol. The van der Waals surface area contributed by atoms with Crippen molar-refractivity contribution < 1.29 is 9.47 Å². The van der Waals surface area contributed by atoms with E-state index in [1.807, 2.05) is 54.6 Å². The van der Waals surface area contributed by atoms with Gasteiger partial charge in [-0.3, -0.25) is 4.79 Å². The van der Waals surface area contributed by atoms with E-state index in [0.717, 1.165) is 40.2 Å². The highest BCUT2D eigenvalue weighted by Gasteiger charge is 2.23. The van der Waals surface area contributed by atoms with Gasteiger partial charge in [0.2, 0.25) is 0 Å². The Balaban J connectivity index is 1.59. The number of fused-ring (bicyclic) bond motifs is 1. The zero-order valence-electron chi connectivity index (χ0n) is 20.5.